The number of amides is 2. The summed E-state index contributed by atoms with van der Waals surface area (Å²) in [5.74, 6) is 0.888. The zero-order valence-electron chi connectivity index (χ0n) is 23.2. The molecule has 0 atom stereocenters. The zero-order chi connectivity index (χ0) is 27.5. The lowest BCUT2D eigenvalue weighted by molar-refractivity contribution is -0.138. The molecule has 208 valence electrons. The molecule has 0 saturated heterocycles. The number of rotatable bonds is 16. The van der Waals surface area contributed by atoms with E-state index in [9.17, 15) is 19.2 Å². The monoisotopic (exact) mass is 525 g/mol. The lowest BCUT2D eigenvalue weighted by Gasteiger charge is -2.30. The van der Waals surface area contributed by atoms with Gasteiger partial charge in [0.2, 0.25) is 0 Å². The van der Waals surface area contributed by atoms with Crippen LogP contribution < -0.4 is 0 Å². The van der Waals surface area contributed by atoms with Gasteiger partial charge in [-0.1, -0.05) is 38.1 Å². The first-order chi connectivity index (χ1) is 18.2. The number of imide groups is 1. The normalized spacial score (nSPS) is 19.8. The molecule has 0 spiro atoms. The molecule has 0 N–H and O–H groups in total. The lowest BCUT2D eigenvalue weighted by Crippen LogP contribution is -2.37. The van der Waals surface area contributed by atoms with Gasteiger partial charge in [0, 0.05) is 50.0 Å². The quantitative estimate of drug-likeness (QED) is 0.227. The number of ketones is 2. The third kappa shape index (κ3) is 9.28. The number of Topliss-reactive ketones (excluding diaryl/α,β-unsaturated/α-hetero) is 2. The highest BCUT2D eigenvalue weighted by Crippen LogP contribution is 2.31. The molecule has 0 unspecified atom stereocenters. The van der Waals surface area contributed by atoms with Gasteiger partial charge in [-0.25, -0.2) is 0 Å². The summed E-state index contributed by atoms with van der Waals surface area (Å²) in [6.07, 6.45) is 6.81. The van der Waals surface area contributed by atoms with E-state index in [1.54, 1.807) is 6.92 Å². The number of hydrogen-bond acceptors (Lipinski definition) is 6. The Hall–Kier alpha value is -2.64. The third-order valence-electron chi connectivity index (χ3n) is 7.59. The van der Waals surface area contributed by atoms with Crippen molar-refractivity contribution in [3.05, 3.63) is 47.0 Å². The van der Waals surface area contributed by atoms with Crippen molar-refractivity contribution >= 4 is 23.4 Å². The van der Waals surface area contributed by atoms with Gasteiger partial charge in [0.15, 0.2) is 0 Å². The molecule has 1 heterocycles. The Kier molecular flexibility index (Phi) is 11.9. The summed E-state index contributed by atoms with van der Waals surface area (Å²) in [7, 11) is 0. The number of carbonyl (C=O) groups excluding carboxylic acids is 4. The van der Waals surface area contributed by atoms with Gasteiger partial charge in [-0.3, -0.25) is 24.1 Å². The van der Waals surface area contributed by atoms with Crippen LogP contribution in [-0.2, 0) is 35.1 Å². The van der Waals surface area contributed by atoms with E-state index in [2.05, 4.69) is 26.0 Å². The predicted octanol–water partition coefficient (Wildman–Crippen LogP) is 4.82. The highest BCUT2D eigenvalue weighted by molar-refractivity contribution is 6.15. The summed E-state index contributed by atoms with van der Waals surface area (Å²) < 4.78 is 11.1. The van der Waals surface area contributed by atoms with Crippen LogP contribution in [0.1, 0.15) is 82.8 Å². The van der Waals surface area contributed by atoms with E-state index in [4.69, 9.17) is 9.47 Å². The average Bonchev–Trinajstić information content (AvgIpc) is 3.14. The Labute approximate surface area is 226 Å². The average molecular weight is 526 g/mol. The maximum atomic E-state index is 12.6. The van der Waals surface area contributed by atoms with Crippen molar-refractivity contribution in [3.8, 4) is 0 Å². The molecule has 1 aromatic carbocycles. The van der Waals surface area contributed by atoms with Crippen molar-refractivity contribution in [2.75, 3.05) is 33.0 Å². The maximum Gasteiger partial charge on any atom is 0.256 e. The Balaban J connectivity index is 1.16. The van der Waals surface area contributed by atoms with Crippen LogP contribution in [0.15, 0.2) is 35.9 Å². The highest BCUT2D eigenvalue weighted by atomic mass is 16.5. The summed E-state index contributed by atoms with van der Waals surface area (Å²) >= 11 is 0. The molecule has 7 nitrogen and oxygen atoms in total. The minimum atomic E-state index is -0.215. The van der Waals surface area contributed by atoms with Gasteiger partial charge >= 0.3 is 0 Å². The number of carbonyl (C=O) groups is 4. The molecule has 1 aliphatic heterocycles. The summed E-state index contributed by atoms with van der Waals surface area (Å²) in [5, 5.41) is 0. The van der Waals surface area contributed by atoms with Crippen LogP contribution in [0.5, 0.6) is 0 Å². The van der Waals surface area contributed by atoms with Crippen LogP contribution in [0.3, 0.4) is 0 Å². The Morgan fingerprint density at radius 1 is 0.921 bits per heavy atom. The third-order valence-corrected chi connectivity index (χ3v) is 7.59. The van der Waals surface area contributed by atoms with Gasteiger partial charge < -0.3 is 9.47 Å². The van der Waals surface area contributed by atoms with E-state index in [1.165, 1.54) is 16.5 Å². The van der Waals surface area contributed by atoms with Crippen LogP contribution in [0, 0.1) is 11.8 Å². The van der Waals surface area contributed by atoms with Crippen molar-refractivity contribution < 1.29 is 28.7 Å². The molecule has 0 radical (unpaired) electrons. The maximum absolute atomic E-state index is 12.6. The van der Waals surface area contributed by atoms with Crippen molar-refractivity contribution in [2.24, 2.45) is 11.8 Å². The van der Waals surface area contributed by atoms with Gasteiger partial charge in [-0.2, -0.15) is 0 Å². The van der Waals surface area contributed by atoms with Crippen LogP contribution in [0.4, 0.5) is 0 Å². The fourth-order valence-corrected chi connectivity index (χ4v) is 5.13. The van der Waals surface area contributed by atoms with Gasteiger partial charge in [0.1, 0.15) is 11.6 Å². The first-order valence-corrected chi connectivity index (χ1v) is 14.1. The summed E-state index contributed by atoms with van der Waals surface area (Å²) in [6.45, 7) is 8.23. The first kappa shape index (κ1) is 29.9. The molecule has 1 aromatic rings. The molecule has 1 saturated carbocycles. The van der Waals surface area contributed by atoms with E-state index < -0.39 is 0 Å². The van der Waals surface area contributed by atoms with Gasteiger partial charge in [0.05, 0.1) is 19.8 Å². The molecule has 2 amide bonds. The molecule has 1 fully saturated rings. The molecular weight excluding hydrogens is 482 g/mol. The van der Waals surface area contributed by atoms with Crippen molar-refractivity contribution in [2.45, 2.75) is 78.1 Å². The Bertz CT molecular complexity index is 988. The second kappa shape index (κ2) is 15.1. The smallest absolute Gasteiger partial charge is 0.256 e. The van der Waals surface area contributed by atoms with Gasteiger partial charge in [0.25, 0.3) is 11.8 Å². The number of benzene rings is 1. The lowest BCUT2D eigenvalue weighted by atomic mass is 9.79. The van der Waals surface area contributed by atoms with E-state index in [0.29, 0.717) is 70.1 Å². The van der Waals surface area contributed by atoms with Crippen LogP contribution in [0.25, 0.3) is 0 Å². The van der Waals surface area contributed by atoms with Crippen LogP contribution in [-0.4, -0.2) is 61.3 Å². The van der Waals surface area contributed by atoms with Crippen molar-refractivity contribution in [1.82, 2.24) is 4.90 Å². The summed E-state index contributed by atoms with van der Waals surface area (Å²) in [6, 6.07) is 8.22. The Morgan fingerprint density at radius 3 is 2.18 bits per heavy atom. The van der Waals surface area contributed by atoms with Crippen molar-refractivity contribution in [3.63, 3.8) is 0 Å². The number of ether oxygens (including phenoxy) is 2. The second-order valence-corrected chi connectivity index (χ2v) is 11.0. The second-order valence-electron chi connectivity index (χ2n) is 11.0. The first-order valence-electron chi connectivity index (χ1n) is 14.1. The highest BCUT2D eigenvalue weighted by Gasteiger charge is 2.33. The minimum Gasteiger partial charge on any atom is -0.379 e. The minimum absolute atomic E-state index is 0.0742. The molecule has 1 aliphatic carbocycles. The molecule has 3 rings (SSSR count). The molecule has 38 heavy (non-hydrogen) atoms. The van der Waals surface area contributed by atoms with Gasteiger partial charge in [-0.05, 0) is 62.0 Å². The standard InChI is InChI=1S/C31H43NO6/c1-22(2)26-10-6-24(7-11-26)20-28(33)14-16-38-18-17-37-15-4-5-29(34)27-12-8-25(9-13-27)21-32-30(35)19-23(3)31(32)36/h6-7,10-11,19,22,25,27H,4-5,8-9,12-18,20-21H2,1-3H3. The fourth-order valence-electron chi connectivity index (χ4n) is 5.13. The number of hydrogen-bond donors (Lipinski definition) is 0. The van der Waals surface area contributed by atoms with E-state index in [0.717, 1.165) is 31.2 Å². The van der Waals surface area contributed by atoms with Crippen molar-refractivity contribution in [1.29, 1.82) is 0 Å². The largest absolute Gasteiger partial charge is 0.379 e. The molecule has 2 aliphatic rings. The molecule has 0 bridgehead atoms. The molecule has 7 heteroatoms. The molecule has 0 aromatic heterocycles. The zero-order valence-corrected chi connectivity index (χ0v) is 23.2. The Morgan fingerprint density at radius 2 is 1.58 bits per heavy atom. The number of nitrogens with zero attached hydrogens (tertiary/aromatic N) is 1. The summed E-state index contributed by atoms with van der Waals surface area (Å²) in [4.78, 5) is 50.1. The topological polar surface area (TPSA) is 90.0 Å². The molecular formula is C31H43NO6. The van der Waals surface area contributed by atoms with E-state index >= 15 is 0 Å². The van der Waals surface area contributed by atoms with E-state index in [-0.39, 0.29) is 35.2 Å². The van der Waals surface area contributed by atoms with Gasteiger partial charge in [-0.15, -0.1) is 0 Å². The van der Waals surface area contributed by atoms with Crippen LogP contribution >= 0.6 is 0 Å². The SMILES string of the molecule is CC1=CC(=O)N(CC2CCC(C(=O)CCCOCCOCCC(=O)Cc3ccc(C(C)C)cc3)CC2)C1=O. The van der Waals surface area contributed by atoms with E-state index in [1.807, 2.05) is 12.1 Å². The predicted molar refractivity (Wildman–Crippen MR) is 146 cm³/mol. The fraction of sp³-hybridized carbons (Fsp3) is 0.613. The van der Waals surface area contributed by atoms with Crippen LogP contribution in [0.2, 0.25) is 0 Å². The summed E-state index contributed by atoms with van der Waals surface area (Å²) in [5.41, 5.74) is 2.81.